The molecule has 1 unspecified atom stereocenters. The Balaban J connectivity index is 1.85. The van der Waals surface area contributed by atoms with Crippen molar-refractivity contribution in [3.05, 3.63) is 59.4 Å². The summed E-state index contributed by atoms with van der Waals surface area (Å²) in [6.45, 7) is 0. The van der Waals surface area contributed by atoms with Gasteiger partial charge in [-0.2, -0.15) is 0 Å². The summed E-state index contributed by atoms with van der Waals surface area (Å²) < 4.78 is 18.0. The fourth-order valence-electron chi connectivity index (χ4n) is 2.74. The van der Waals surface area contributed by atoms with Crippen molar-refractivity contribution in [2.75, 3.05) is 17.7 Å². The predicted octanol–water partition coefficient (Wildman–Crippen LogP) is 2.68. The maximum atomic E-state index is 13.4. The minimum atomic E-state index is -0.744. The number of carbonyl (C=O) groups is 3. The van der Waals surface area contributed by atoms with Crippen LogP contribution in [0, 0.1) is 5.82 Å². The van der Waals surface area contributed by atoms with Gasteiger partial charge in [0.05, 0.1) is 18.6 Å². The van der Waals surface area contributed by atoms with Crippen LogP contribution in [0.25, 0.3) is 0 Å². The molecule has 3 rings (SSSR count). The van der Waals surface area contributed by atoms with Gasteiger partial charge in [0.15, 0.2) is 0 Å². The maximum absolute atomic E-state index is 13.4. The van der Waals surface area contributed by atoms with E-state index in [1.807, 2.05) is 0 Å². The van der Waals surface area contributed by atoms with E-state index < -0.39 is 23.6 Å². The minimum Gasteiger partial charge on any atom is -0.465 e. The van der Waals surface area contributed by atoms with Crippen LogP contribution in [0.1, 0.15) is 28.3 Å². The van der Waals surface area contributed by atoms with E-state index in [2.05, 4.69) is 15.4 Å². The van der Waals surface area contributed by atoms with Gasteiger partial charge in [-0.15, -0.1) is 0 Å². The third-order valence-electron chi connectivity index (χ3n) is 3.92. The van der Waals surface area contributed by atoms with Gasteiger partial charge < -0.3 is 15.4 Å². The number of hydrogen-bond acceptors (Lipinski definition) is 4. The van der Waals surface area contributed by atoms with Crippen molar-refractivity contribution in [1.29, 1.82) is 0 Å². The van der Waals surface area contributed by atoms with Gasteiger partial charge in [0, 0.05) is 17.8 Å². The van der Waals surface area contributed by atoms with E-state index >= 15 is 0 Å². The van der Waals surface area contributed by atoms with Crippen molar-refractivity contribution in [3.63, 3.8) is 0 Å². The molecule has 6 nitrogen and oxygen atoms in total. The first-order chi connectivity index (χ1) is 12.0. The Bertz CT molecular complexity index is 866. The zero-order valence-corrected chi connectivity index (χ0v) is 13.3. The number of ether oxygens (including phenoxy) is 1. The highest BCUT2D eigenvalue weighted by Crippen LogP contribution is 2.33. The van der Waals surface area contributed by atoms with E-state index in [-0.39, 0.29) is 12.3 Å². The van der Waals surface area contributed by atoms with Crippen LogP contribution >= 0.6 is 0 Å². The first-order valence-electron chi connectivity index (χ1n) is 7.56. The van der Waals surface area contributed by atoms with Crippen LogP contribution in [0.4, 0.5) is 15.8 Å². The van der Waals surface area contributed by atoms with Gasteiger partial charge in [0.2, 0.25) is 11.8 Å². The third-order valence-corrected chi connectivity index (χ3v) is 3.92. The molecule has 2 aromatic rings. The Morgan fingerprint density at radius 2 is 2.04 bits per heavy atom. The number of rotatable bonds is 3. The number of halogens is 1. The summed E-state index contributed by atoms with van der Waals surface area (Å²) >= 11 is 0. The van der Waals surface area contributed by atoms with Gasteiger partial charge >= 0.3 is 5.97 Å². The van der Waals surface area contributed by atoms with Gasteiger partial charge in [-0.05, 0) is 35.9 Å². The van der Waals surface area contributed by atoms with E-state index in [9.17, 15) is 18.8 Å². The van der Waals surface area contributed by atoms with Crippen LogP contribution in [-0.2, 0) is 14.3 Å². The lowest BCUT2D eigenvalue weighted by atomic mass is 9.89. The monoisotopic (exact) mass is 342 g/mol. The van der Waals surface area contributed by atoms with Crippen molar-refractivity contribution in [2.24, 2.45) is 0 Å². The Labute approximate surface area is 143 Å². The Morgan fingerprint density at radius 3 is 2.80 bits per heavy atom. The lowest BCUT2D eigenvalue weighted by Gasteiger charge is -2.25. The molecule has 2 N–H and O–H groups in total. The molecule has 1 aliphatic rings. The minimum absolute atomic E-state index is 0.0405. The van der Waals surface area contributed by atoms with E-state index in [4.69, 9.17) is 0 Å². The number of benzene rings is 2. The number of hydrogen-bond donors (Lipinski definition) is 2. The van der Waals surface area contributed by atoms with Gasteiger partial charge in [0.1, 0.15) is 5.82 Å². The molecule has 1 heterocycles. The van der Waals surface area contributed by atoms with Gasteiger partial charge in [0.25, 0.3) is 0 Å². The molecule has 0 bridgehead atoms. The molecule has 2 aromatic carbocycles. The molecule has 1 aliphatic heterocycles. The lowest BCUT2D eigenvalue weighted by Crippen LogP contribution is -2.30. The van der Waals surface area contributed by atoms with Crippen LogP contribution in [0.3, 0.4) is 0 Å². The second-order valence-corrected chi connectivity index (χ2v) is 5.60. The molecule has 0 spiro atoms. The molecule has 0 saturated heterocycles. The van der Waals surface area contributed by atoms with Crippen molar-refractivity contribution in [2.45, 2.75) is 12.3 Å². The fourth-order valence-corrected chi connectivity index (χ4v) is 2.74. The highest BCUT2D eigenvalue weighted by molar-refractivity contribution is 6.05. The average molecular weight is 342 g/mol. The van der Waals surface area contributed by atoms with Gasteiger partial charge in [-0.25, -0.2) is 9.18 Å². The number of amides is 2. The molecule has 0 saturated carbocycles. The number of esters is 1. The van der Waals surface area contributed by atoms with Gasteiger partial charge in [-0.3, -0.25) is 9.59 Å². The average Bonchev–Trinajstić information content (AvgIpc) is 2.60. The van der Waals surface area contributed by atoms with Crippen LogP contribution in [0.15, 0.2) is 42.5 Å². The maximum Gasteiger partial charge on any atom is 0.337 e. The van der Waals surface area contributed by atoms with E-state index in [0.717, 1.165) is 0 Å². The van der Waals surface area contributed by atoms with E-state index in [0.29, 0.717) is 22.5 Å². The normalized spacial score (nSPS) is 15.8. The predicted molar refractivity (Wildman–Crippen MR) is 88.8 cm³/mol. The largest absolute Gasteiger partial charge is 0.465 e. The van der Waals surface area contributed by atoms with Crippen LogP contribution in [0.5, 0.6) is 0 Å². The zero-order chi connectivity index (χ0) is 18.0. The number of carbonyl (C=O) groups excluding carboxylic acids is 3. The van der Waals surface area contributed by atoms with E-state index in [1.54, 1.807) is 18.2 Å². The van der Waals surface area contributed by atoms with Crippen LogP contribution in [-0.4, -0.2) is 24.9 Å². The molecule has 0 aromatic heterocycles. The molecule has 25 heavy (non-hydrogen) atoms. The Hall–Kier alpha value is -3.22. The van der Waals surface area contributed by atoms with Gasteiger partial charge in [-0.1, -0.05) is 12.1 Å². The summed E-state index contributed by atoms with van der Waals surface area (Å²) in [7, 11) is 1.27. The molecule has 0 fully saturated rings. The Morgan fingerprint density at radius 1 is 1.24 bits per heavy atom. The Kier molecular flexibility index (Phi) is 4.47. The first-order valence-corrected chi connectivity index (χ1v) is 7.56. The van der Waals surface area contributed by atoms with Crippen molar-refractivity contribution >= 4 is 29.2 Å². The molecule has 2 amide bonds. The standard InChI is InChI=1S/C18H15FN2O4/c1-25-18(24)10-3-2-4-12(7-10)20-17(23)14-9-16(22)21-15-8-11(19)5-6-13(14)15/h2-8,14H,9H2,1H3,(H,20,23)(H,21,22). The molecule has 0 aliphatic carbocycles. The molecule has 128 valence electrons. The van der Waals surface area contributed by atoms with Crippen LogP contribution < -0.4 is 10.6 Å². The summed E-state index contributed by atoms with van der Waals surface area (Å²) in [4.78, 5) is 36.0. The second-order valence-electron chi connectivity index (χ2n) is 5.60. The quantitative estimate of drug-likeness (QED) is 0.840. The van der Waals surface area contributed by atoms with Crippen LogP contribution in [0.2, 0.25) is 0 Å². The summed E-state index contributed by atoms with van der Waals surface area (Å²) in [5.41, 5.74) is 1.54. The van der Waals surface area contributed by atoms with Crippen molar-refractivity contribution in [1.82, 2.24) is 0 Å². The molecule has 0 radical (unpaired) electrons. The highest BCUT2D eigenvalue weighted by atomic mass is 19.1. The molecule has 7 heteroatoms. The second kappa shape index (κ2) is 6.72. The SMILES string of the molecule is COC(=O)c1cccc(NC(=O)C2CC(=O)Nc3cc(F)ccc32)c1. The number of nitrogens with one attached hydrogen (secondary N) is 2. The fraction of sp³-hybridized carbons (Fsp3) is 0.167. The third kappa shape index (κ3) is 3.50. The topological polar surface area (TPSA) is 84.5 Å². The summed E-state index contributed by atoms with van der Waals surface area (Å²) in [5.74, 6) is -2.53. The molecule has 1 atom stereocenters. The summed E-state index contributed by atoms with van der Waals surface area (Å²) in [6.07, 6.45) is -0.0405. The van der Waals surface area contributed by atoms with Crippen molar-refractivity contribution < 1.29 is 23.5 Å². The zero-order valence-electron chi connectivity index (χ0n) is 13.3. The number of methoxy groups -OCH3 is 1. The van der Waals surface area contributed by atoms with Crippen molar-refractivity contribution in [3.8, 4) is 0 Å². The number of fused-ring (bicyclic) bond motifs is 1. The number of anilines is 2. The first kappa shape index (κ1) is 16.6. The smallest absolute Gasteiger partial charge is 0.337 e. The molecular weight excluding hydrogens is 327 g/mol. The molecular formula is C18H15FN2O4. The lowest BCUT2D eigenvalue weighted by molar-refractivity contribution is -0.123. The summed E-state index contributed by atoms with van der Waals surface area (Å²) in [5, 5.41) is 5.25. The highest BCUT2D eigenvalue weighted by Gasteiger charge is 2.31. The van der Waals surface area contributed by atoms with E-state index in [1.165, 1.54) is 31.4 Å². The summed E-state index contributed by atoms with van der Waals surface area (Å²) in [6, 6.07) is 10.2.